The summed E-state index contributed by atoms with van der Waals surface area (Å²) in [4.78, 5) is 4.04. The smallest absolute Gasteiger partial charge is 0.0270 e. The van der Waals surface area contributed by atoms with Gasteiger partial charge in [-0.25, -0.2) is 0 Å². The zero-order valence-electron chi connectivity index (χ0n) is 10.4. The Morgan fingerprint density at radius 2 is 1.69 bits per heavy atom. The van der Waals surface area contributed by atoms with Crippen LogP contribution < -0.4 is 5.73 Å². The number of hydrogen-bond donors (Lipinski definition) is 1. The maximum absolute atomic E-state index is 6.49. The van der Waals surface area contributed by atoms with E-state index >= 15 is 0 Å². The number of aromatic nitrogens is 1. The Labute approximate surface area is 98.3 Å². The van der Waals surface area contributed by atoms with Gasteiger partial charge in [-0.2, -0.15) is 0 Å². The minimum absolute atomic E-state index is 0.0108. The lowest BCUT2D eigenvalue weighted by atomic mass is 9.68. The standard InChI is InChI=1S/C14H22N2/c1-13(2)5-7-14(15,8-6-13)11-12-3-9-16-10-4-12/h3-4,9-10H,5-8,11,15H2,1-2H3. The van der Waals surface area contributed by atoms with Gasteiger partial charge in [-0.1, -0.05) is 13.8 Å². The highest BCUT2D eigenvalue weighted by molar-refractivity contribution is 5.14. The second-order valence-corrected chi connectivity index (χ2v) is 6.06. The molecule has 2 rings (SSSR count). The van der Waals surface area contributed by atoms with E-state index in [1.165, 1.54) is 18.4 Å². The summed E-state index contributed by atoms with van der Waals surface area (Å²) < 4.78 is 0. The summed E-state index contributed by atoms with van der Waals surface area (Å²) in [6, 6.07) is 4.16. The average Bonchev–Trinajstić information content (AvgIpc) is 2.25. The Bertz CT molecular complexity index is 333. The van der Waals surface area contributed by atoms with E-state index < -0.39 is 0 Å². The Kier molecular flexibility index (Phi) is 3.02. The van der Waals surface area contributed by atoms with Crippen molar-refractivity contribution >= 4 is 0 Å². The zero-order valence-corrected chi connectivity index (χ0v) is 10.4. The number of rotatable bonds is 2. The highest BCUT2D eigenvalue weighted by Crippen LogP contribution is 2.40. The van der Waals surface area contributed by atoms with E-state index in [1.54, 1.807) is 0 Å². The van der Waals surface area contributed by atoms with Crippen molar-refractivity contribution in [1.29, 1.82) is 0 Å². The first kappa shape index (κ1) is 11.6. The SMILES string of the molecule is CC1(C)CCC(N)(Cc2ccncc2)CC1. The molecular formula is C14H22N2. The predicted molar refractivity (Wildman–Crippen MR) is 67.1 cm³/mol. The summed E-state index contributed by atoms with van der Waals surface area (Å²) in [5.74, 6) is 0. The second kappa shape index (κ2) is 4.17. The third kappa shape index (κ3) is 2.82. The minimum atomic E-state index is 0.0108. The number of nitrogens with two attached hydrogens (primary N) is 1. The Morgan fingerprint density at radius 3 is 2.25 bits per heavy atom. The predicted octanol–water partition coefficient (Wildman–Crippen LogP) is 2.92. The summed E-state index contributed by atoms with van der Waals surface area (Å²) in [5.41, 5.74) is 8.31. The molecule has 0 bridgehead atoms. The van der Waals surface area contributed by atoms with Gasteiger partial charge in [0, 0.05) is 17.9 Å². The summed E-state index contributed by atoms with van der Waals surface area (Å²) in [6.45, 7) is 4.69. The van der Waals surface area contributed by atoms with Crippen molar-refractivity contribution in [1.82, 2.24) is 4.98 Å². The number of hydrogen-bond acceptors (Lipinski definition) is 2. The topological polar surface area (TPSA) is 38.9 Å². The van der Waals surface area contributed by atoms with Crippen molar-refractivity contribution in [3.8, 4) is 0 Å². The van der Waals surface area contributed by atoms with Crippen LogP contribution in [0.5, 0.6) is 0 Å². The molecule has 0 aliphatic heterocycles. The third-order valence-corrected chi connectivity index (χ3v) is 3.90. The molecule has 0 spiro atoms. The molecule has 1 fully saturated rings. The summed E-state index contributed by atoms with van der Waals surface area (Å²) in [6.07, 6.45) is 9.47. The Balaban J connectivity index is 2.00. The van der Waals surface area contributed by atoms with Gasteiger partial charge in [0.15, 0.2) is 0 Å². The Morgan fingerprint density at radius 1 is 1.12 bits per heavy atom. The van der Waals surface area contributed by atoms with Crippen LogP contribution in [-0.4, -0.2) is 10.5 Å². The maximum atomic E-state index is 6.49. The first-order valence-corrected chi connectivity index (χ1v) is 6.17. The van der Waals surface area contributed by atoms with Crippen molar-refractivity contribution in [2.75, 3.05) is 0 Å². The molecule has 0 atom stereocenters. The Hall–Kier alpha value is -0.890. The van der Waals surface area contributed by atoms with Crippen LogP contribution >= 0.6 is 0 Å². The molecule has 1 aliphatic carbocycles. The van der Waals surface area contributed by atoms with E-state index in [-0.39, 0.29) is 5.54 Å². The first-order valence-electron chi connectivity index (χ1n) is 6.17. The van der Waals surface area contributed by atoms with E-state index in [0.29, 0.717) is 5.41 Å². The largest absolute Gasteiger partial charge is 0.325 e. The van der Waals surface area contributed by atoms with Gasteiger partial charge < -0.3 is 5.73 Å². The molecule has 1 saturated carbocycles. The van der Waals surface area contributed by atoms with Crippen LogP contribution in [0.2, 0.25) is 0 Å². The summed E-state index contributed by atoms with van der Waals surface area (Å²) in [5, 5.41) is 0. The molecule has 0 aromatic carbocycles. The monoisotopic (exact) mass is 218 g/mol. The van der Waals surface area contributed by atoms with Crippen molar-refractivity contribution < 1.29 is 0 Å². The van der Waals surface area contributed by atoms with E-state index in [9.17, 15) is 0 Å². The van der Waals surface area contributed by atoms with Crippen LogP contribution in [0.4, 0.5) is 0 Å². The molecule has 2 nitrogen and oxygen atoms in total. The molecule has 16 heavy (non-hydrogen) atoms. The van der Waals surface area contributed by atoms with Gasteiger partial charge in [-0.15, -0.1) is 0 Å². The molecule has 1 aliphatic rings. The number of pyridine rings is 1. The van der Waals surface area contributed by atoms with Crippen LogP contribution in [0, 0.1) is 5.41 Å². The van der Waals surface area contributed by atoms with Crippen LogP contribution in [0.3, 0.4) is 0 Å². The molecule has 0 amide bonds. The molecule has 88 valence electrons. The van der Waals surface area contributed by atoms with Crippen LogP contribution in [0.15, 0.2) is 24.5 Å². The number of nitrogens with zero attached hydrogens (tertiary/aromatic N) is 1. The fourth-order valence-electron chi connectivity index (χ4n) is 2.51. The van der Waals surface area contributed by atoms with Gasteiger partial charge in [-0.05, 0) is 55.2 Å². The van der Waals surface area contributed by atoms with E-state index in [0.717, 1.165) is 19.3 Å². The van der Waals surface area contributed by atoms with Crippen LogP contribution in [0.1, 0.15) is 45.1 Å². The first-order chi connectivity index (χ1) is 7.49. The van der Waals surface area contributed by atoms with E-state index in [2.05, 4.69) is 31.0 Å². The fourth-order valence-corrected chi connectivity index (χ4v) is 2.51. The molecule has 2 heteroatoms. The summed E-state index contributed by atoms with van der Waals surface area (Å²) >= 11 is 0. The lowest BCUT2D eigenvalue weighted by molar-refractivity contribution is 0.164. The lowest BCUT2D eigenvalue weighted by Gasteiger charge is -2.41. The fraction of sp³-hybridized carbons (Fsp3) is 0.643. The lowest BCUT2D eigenvalue weighted by Crippen LogP contribution is -2.46. The quantitative estimate of drug-likeness (QED) is 0.829. The van der Waals surface area contributed by atoms with E-state index in [1.807, 2.05) is 12.4 Å². The van der Waals surface area contributed by atoms with Crippen molar-refractivity contribution in [3.63, 3.8) is 0 Å². The van der Waals surface area contributed by atoms with Crippen LogP contribution in [-0.2, 0) is 6.42 Å². The van der Waals surface area contributed by atoms with Crippen molar-refractivity contribution in [2.24, 2.45) is 11.1 Å². The van der Waals surface area contributed by atoms with Crippen molar-refractivity contribution in [3.05, 3.63) is 30.1 Å². The van der Waals surface area contributed by atoms with Gasteiger partial charge in [0.25, 0.3) is 0 Å². The molecule has 1 aromatic heterocycles. The maximum Gasteiger partial charge on any atom is 0.0270 e. The molecule has 0 saturated heterocycles. The zero-order chi connectivity index (χ0) is 11.6. The molecule has 2 N–H and O–H groups in total. The minimum Gasteiger partial charge on any atom is -0.325 e. The average molecular weight is 218 g/mol. The molecule has 0 unspecified atom stereocenters. The van der Waals surface area contributed by atoms with Gasteiger partial charge in [0.1, 0.15) is 0 Å². The normalized spacial score (nSPS) is 22.9. The van der Waals surface area contributed by atoms with Gasteiger partial charge in [0.05, 0.1) is 0 Å². The van der Waals surface area contributed by atoms with Crippen molar-refractivity contribution in [2.45, 2.75) is 51.5 Å². The summed E-state index contributed by atoms with van der Waals surface area (Å²) in [7, 11) is 0. The van der Waals surface area contributed by atoms with E-state index in [4.69, 9.17) is 5.73 Å². The molecule has 1 aromatic rings. The third-order valence-electron chi connectivity index (χ3n) is 3.90. The molecule has 1 heterocycles. The molecule has 0 radical (unpaired) electrons. The molecular weight excluding hydrogens is 196 g/mol. The van der Waals surface area contributed by atoms with Gasteiger partial charge in [0.2, 0.25) is 0 Å². The van der Waals surface area contributed by atoms with Gasteiger partial charge >= 0.3 is 0 Å². The van der Waals surface area contributed by atoms with Gasteiger partial charge in [-0.3, -0.25) is 4.98 Å². The van der Waals surface area contributed by atoms with Crippen LogP contribution in [0.25, 0.3) is 0 Å². The second-order valence-electron chi connectivity index (χ2n) is 6.06. The highest BCUT2D eigenvalue weighted by Gasteiger charge is 2.35. The highest BCUT2D eigenvalue weighted by atomic mass is 14.7.